The molecular formula is C26H35ClN2O3. The largest absolute Gasteiger partial charge is 0.484 e. The molecule has 0 fully saturated rings. The molecule has 0 saturated carbocycles. The Morgan fingerprint density at radius 1 is 1.09 bits per heavy atom. The summed E-state index contributed by atoms with van der Waals surface area (Å²) in [6, 6.07) is 13.0. The van der Waals surface area contributed by atoms with Gasteiger partial charge in [0.05, 0.1) is 0 Å². The van der Waals surface area contributed by atoms with Crippen LogP contribution < -0.4 is 10.1 Å². The van der Waals surface area contributed by atoms with E-state index >= 15 is 0 Å². The van der Waals surface area contributed by atoms with Crippen molar-refractivity contribution >= 4 is 23.4 Å². The van der Waals surface area contributed by atoms with Gasteiger partial charge in [-0.25, -0.2) is 0 Å². The molecule has 1 N–H and O–H groups in total. The molecule has 5 nitrogen and oxygen atoms in total. The van der Waals surface area contributed by atoms with Crippen LogP contribution in [0.25, 0.3) is 0 Å². The van der Waals surface area contributed by atoms with Gasteiger partial charge in [0.25, 0.3) is 5.91 Å². The van der Waals surface area contributed by atoms with E-state index in [2.05, 4.69) is 5.32 Å². The number of ether oxygens (including phenoxy) is 1. The van der Waals surface area contributed by atoms with Crippen LogP contribution >= 0.6 is 11.6 Å². The molecule has 0 heterocycles. The SMILES string of the molecule is CC[C@@H](C(=O)NC(C)(C)C)N(CCc1ccccc1)C(=O)COc1cc(C)c(Cl)c(C)c1. The normalized spacial score (nSPS) is 12.2. The number of hydrogen-bond donors (Lipinski definition) is 1. The lowest BCUT2D eigenvalue weighted by Crippen LogP contribution is -2.54. The topological polar surface area (TPSA) is 58.6 Å². The van der Waals surface area contributed by atoms with E-state index in [1.165, 1.54) is 0 Å². The van der Waals surface area contributed by atoms with Crippen LogP contribution in [0, 0.1) is 13.8 Å². The number of carbonyl (C=O) groups excluding carboxylic acids is 2. The maximum atomic E-state index is 13.2. The molecule has 32 heavy (non-hydrogen) atoms. The minimum atomic E-state index is -0.567. The van der Waals surface area contributed by atoms with Gasteiger partial charge in [-0.2, -0.15) is 0 Å². The molecule has 2 rings (SSSR count). The molecule has 1 atom stereocenters. The molecule has 0 aromatic heterocycles. The third-order valence-electron chi connectivity index (χ3n) is 5.14. The van der Waals surface area contributed by atoms with Gasteiger partial charge in [0.15, 0.2) is 6.61 Å². The fourth-order valence-electron chi connectivity index (χ4n) is 3.57. The Morgan fingerprint density at radius 3 is 2.22 bits per heavy atom. The first-order valence-corrected chi connectivity index (χ1v) is 11.4. The smallest absolute Gasteiger partial charge is 0.261 e. The number of amides is 2. The number of aryl methyl sites for hydroxylation is 2. The average Bonchev–Trinajstić information content (AvgIpc) is 2.72. The second kappa shape index (κ2) is 11.4. The Kier molecular flexibility index (Phi) is 9.14. The Bertz CT molecular complexity index is 899. The van der Waals surface area contributed by atoms with Gasteiger partial charge in [-0.15, -0.1) is 0 Å². The summed E-state index contributed by atoms with van der Waals surface area (Å²) in [5.74, 6) is 0.217. The highest BCUT2D eigenvalue weighted by Crippen LogP contribution is 2.26. The predicted molar refractivity (Wildman–Crippen MR) is 130 cm³/mol. The van der Waals surface area contributed by atoms with Crippen LogP contribution in [0.3, 0.4) is 0 Å². The van der Waals surface area contributed by atoms with Crippen molar-refractivity contribution in [2.45, 2.75) is 66.0 Å². The van der Waals surface area contributed by atoms with Crippen LogP contribution in [0.1, 0.15) is 50.8 Å². The van der Waals surface area contributed by atoms with Crippen molar-refractivity contribution in [1.29, 1.82) is 0 Å². The second-order valence-corrected chi connectivity index (χ2v) is 9.52. The highest BCUT2D eigenvalue weighted by atomic mass is 35.5. The molecule has 2 aromatic rings. The lowest BCUT2D eigenvalue weighted by molar-refractivity contribution is -0.142. The lowest BCUT2D eigenvalue weighted by atomic mass is 10.1. The van der Waals surface area contributed by atoms with Crippen LogP contribution in [-0.4, -0.2) is 41.4 Å². The summed E-state index contributed by atoms with van der Waals surface area (Å²) in [7, 11) is 0. The van der Waals surface area contributed by atoms with Gasteiger partial charge in [-0.1, -0.05) is 48.9 Å². The van der Waals surface area contributed by atoms with Gasteiger partial charge in [0.1, 0.15) is 11.8 Å². The average molecular weight is 459 g/mol. The number of halogens is 1. The van der Waals surface area contributed by atoms with E-state index in [9.17, 15) is 9.59 Å². The quantitative estimate of drug-likeness (QED) is 0.568. The minimum Gasteiger partial charge on any atom is -0.484 e. The molecule has 0 unspecified atom stereocenters. The first-order chi connectivity index (χ1) is 15.0. The highest BCUT2D eigenvalue weighted by molar-refractivity contribution is 6.32. The van der Waals surface area contributed by atoms with Crippen molar-refractivity contribution in [1.82, 2.24) is 10.2 Å². The third kappa shape index (κ3) is 7.56. The van der Waals surface area contributed by atoms with E-state index in [1.54, 1.807) is 4.90 Å². The van der Waals surface area contributed by atoms with Crippen molar-refractivity contribution in [3.05, 3.63) is 64.2 Å². The molecule has 0 bridgehead atoms. The van der Waals surface area contributed by atoms with Crippen LogP contribution in [0.15, 0.2) is 42.5 Å². The molecule has 0 aliphatic rings. The summed E-state index contributed by atoms with van der Waals surface area (Å²) in [5, 5.41) is 3.70. The van der Waals surface area contributed by atoms with E-state index in [0.29, 0.717) is 30.2 Å². The maximum absolute atomic E-state index is 13.2. The van der Waals surface area contributed by atoms with Crippen LogP contribution in [-0.2, 0) is 16.0 Å². The summed E-state index contributed by atoms with van der Waals surface area (Å²) in [4.78, 5) is 27.9. The van der Waals surface area contributed by atoms with Gasteiger partial charge in [0, 0.05) is 17.1 Å². The minimum absolute atomic E-state index is 0.144. The van der Waals surface area contributed by atoms with E-state index in [0.717, 1.165) is 16.7 Å². The lowest BCUT2D eigenvalue weighted by Gasteiger charge is -2.33. The van der Waals surface area contributed by atoms with Crippen LogP contribution in [0.2, 0.25) is 5.02 Å². The molecule has 0 aliphatic carbocycles. The molecule has 0 spiro atoms. The molecule has 0 radical (unpaired) electrons. The molecule has 6 heteroatoms. The van der Waals surface area contributed by atoms with Crippen molar-refractivity contribution in [3.63, 3.8) is 0 Å². The molecular weight excluding hydrogens is 424 g/mol. The first kappa shape index (κ1) is 25.7. The monoisotopic (exact) mass is 458 g/mol. The van der Waals surface area contributed by atoms with Gasteiger partial charge in [-0.3, -0.25) is 9.59 Å². The third-order valence-corrected chi connectivity index (χ3v) is 5.74. The van der Waals surface area contributed by atoms with Gasteiger partial charge >= 0.3 is 0 Å². The summed E-state index contributed by atoms with van der Waals surface area (Å²) >= 11 is 6.24. The first-order valence-electron chi connectivity index (χ1n) is 11.1. The number of benzene rings is 2. The molecule has 2 amide bonds. The predicted octanol–water partition coefficient (Wildman–Crippen LogP) is 5.10. The van der Waals surface area contributed by atoms with Gasteiger partial charge in [-0.05, 0) is 76.3 Å². The Morgan fingerprint density at radius 2 is 1.69 bits per heavy atom. The van der Waals surface area contributed by atoms with E-state index in [-0.39, 0.29) is 24.0 Å². The molecule has 0 aliphatic heterocycles. The fraction of sp³-hybridized carbons (Fsp3) is 0.462. The highest BCUT2D eigenvalue weighted by Gasteiger charge is 2.30. The summed E-state index contributed by atoms with van der Waals surface area (Å²) < 4.78 is 5.81. The van der Waals surface area contributed by atoms with Crippen molar-refractivity contribution in [2.75, 3.05) is 13.2 Å². The Hall–Kier alpha value is -2.53. The molecule has 0 saturated heterocycles. The summed E-state index contributed by atoms with van der Waals surface area (Å²) in [5.41, 5.74) is 2.52. The van der Waals surface area contributed by atoms with Gasteiger partial charge in [0.2, 0.25) is 5.91 Å². The number of carbonyl (C=O) groups is 2. The summed E-state index contributed by atoms with van der Waals surface area (Å²) in [6.07, 6.45) is 1.17. The number of nitrogens with zero attached hydrogens (tertiary/aromatic N) is 1. The molecule has 2 aromatic carbocycles. The van der Waals surface area contributed by atoms with Gasteiger partial charge < -0.3 is 15.0 Å². The second-order valence-electron chi connectivity index (χ2n) is 9.15. The summed E-state index contributed by atoms with van der Waals surface area (Å²) in [6.45, 7) is 11.8. The molecule has 174 valence electrons. The van der Waals surface area contributed by atoms with Crippen molar-refractivity contribution < 1.29 is 14.3 Å². The van der Waals surface area contributed by atoms with Crippen molar-refractivity contribution in [3.8, 4) is 5.75 Å². The van der Waals surface area contributed by atoms with E-state index in [4.69, 9.17) is 16.3 Å². The maximum Gasteiger partial charge on any atom is 0.261 e. The van der Waals surface area contributed by atoms with E-state index < -0.39 is 6.04 Å². The van der Waals surface area contributed by atoms with Crippen LogP contribution in [0.4, 0.5) is 0 Å². The van der Waals surface area contributed by atoms with E-state index in [1.807, 2.05) is 84.0 Å². The zero-order valence-corrected chi connectivity index (χ0v) is 20.8. The Labute approximate surface area is 197 Å². The van der Waals surface area contributed by atoms with Crippen molar-refractivity contribution in [2.24, 2.45) is 0 Å². The van der Waals surface area contributed by atoms with Crippen LogP contribution in [0.5, 0.6) is 5.75 Å². The zero-order valence-electron chi connectivity index (χ0n) is 20.0. The number of nitrogens with one attached hydrogen (secondary N) is 1. The number of hydrogen-bond acceptors (Lipinski definition) is 3. The Balaban J connectivity index is 2.19. The zero-order chi connectivity index (χ0) is 23.9. The fourth-order valence-corrected chi connectivity index (χ4v) is 3.68. The standard InChI is InChI=1S/C26H35ClN2O3/c1-7-22(25(31)28-26(4,5)6)29(14-13-20-11-9-8-10-12-20)23(30)17-32-21-15-18(2)24(27)19(3)16-21/h8-12,15-16,22H,7,13-14,17H2,1-6H3,(H,28,31)/t22-/m0/s1. The number of rotatable bonds is 9.